The molecule has 1 N–H and O–H groups in total. The molecule has 0 atom stereocenters. The van der Waals surface area contributed by atoms with Crippen LogP contribution in [0.5, 0.6) is 0 Å². The number of anilines is 1. The third kappa shape index (κ3) is 4.05. The number of nitrogens with zero attached hydrogens (tertiary/aromatic N) is 1. The average Bonchev–Trinajstić information content (AvgIpc) is 2.61. The van der Waals surface area contributed by atoms with Gasteiger partial charge in [0.2, 0.25) is 0 Å². The van der Waals surface area contributed by atoms with Gasteiger partial charge in [-0.15, -0.1) is 0 Å². The van der Waals surface area contributed by atoms with Gasteiger partial charge in [-0.05, 0) is 43.0 Å². The van der Waals surface area contributed by atoms with Crippen LogP contribution in [0.15, 0.2) is 48.5 Å². The van der Waals surface area contributed by atoms with Crippen LogP contribution in [-0.4, -0.2) is 23.9 Å². The summed E-state index contributed by atoms with van der Waals surface area (Å²) in [6.45, 7) is 2.41. The van der Waals surface area contributed by atoms with Crippen molar-refractivity contribution in [2.24, 2.45) is 0 Å². The zero-order chi connectivity index (χ0) is 16.1. The summed E-state index contributed by atoms with van der Waals surface area (Å²) < 4.78 is 0. The Labute approximate surface area is 142 Å². The van der Waals surface area contributed by atoms with Gasteiger partial charge in [0, 0.05) is 25.3 Å². The Balaban J connectivity index is 1.66. The minimum atomic E-state index is 0.0457. The van der Waals surface area contributed by atoms with E-state index >= 15 is 0 Å². The van der Waals surface area contributed by atoms with Crippen molar-refractivity contribution < 1.29 is 4.79 Å². The standard InChI is InChI=1S/C19H21ClN2O/c20-18-13-16(21-14-15-7-3-1-4-8-15)9-10-17(18)19(23)22-11-5-2-6-12-22/h1,3-4,7-10,13,21H,2,5-6,11-12,14H2. The van der Waals surface area contributed by atoms with Crippen molar-refractivity contribution in [2.45, 2.75) is 25.8 Å². The first-order chi connectivity index (χ1) is 11.2. The van der Waals surface area contributed by atoms with Gasteiger partial charge in [0.25, 0.3) is 5.91 Å². The SMILES string of the molecule is O=C(c1ccc(NCc2ccccc2)cc1Cl)N1CCCCC1. The van der Waals surface area contributed by atoms with Crippen LogP contribution in [0.2, 0.25) is 5.02 Å². The molecule has 0 bridgehead atoms. The van der Waals surface area contributed by atoms with Gasteiger partial charge in [0.15, 0.2) is 0 Å². The van der Waals surface area contributed by atoms with E-state index in [4.69, 9.17) is 11.6 Å². The summed E-state index contributed by atoms with van der Waals surface area (Å²) in [6.07, 6.45) is 3.38. The average molecular weight is 329 g/mol. The number of likely N-dealkylation sites (tertiary alicyclic amines) is 1. The van der Waals surface area contributed by atoms with Crippen molar-refractivity contribution in [2.75, 3.05) is 18.4 Å². The van der Waals surface area contributed by atoms with Crippen molar-refractivity contribution >= 4 is 23.2 Å². The fourth-order valence-corrected chi connectivity index (χ4v) is 3.13. The van der Waals surface area contributed by atoms with Crippen molar-refractivity contribution in [3.63, 3.8) is 0 Å². The van der Waals surface area contributed by atoms with Gasteiger partial charge in [-0.1, -0.05) is 41.9 Å². The molecule has 3 rings (SSSR count). The van der Waals surface area contributed by atoms with Crippen LogP contribution < -0.4 is 5.32 Å². The molecular formula is C19H21ClN2O. The highest BCUT2D eigenvalue weighted by molar-refractivity contribution is 6.34. The van der Waals surface area contributed by atoms with Crippen LogP contribution in [0, 0.1) is 0 Å². The van der Waals surface area contributed by atoms with Crippen LogP contribution in [-0.2, 0) is 6.54 Å². The number of rotatable bonds is 4. The van der Waals surface area contributed by atoms with Gasteiger partial charge in [-0.25, -0.2) is 0 Å². The van der Waals surface area contributed by atoms with Crippen LogP contribution in [0.1, 0.15) is 35.2 Å². The normalized spacial score (nSPS) is 14.6. The first kappa shape index (κ1) is 15.9. The third-order valence-electron chi connectivity index (χ3n) is 4.18. The highest BCUT2D eigenvalue weighted by Crippen LogP contribution is 2.24. The van der Waals surface area contributed by atoms with Crippen molar-refractivity contribution in [3.05, 3.63) is 64.7 Å². The number of nitrogens with one attached hydrogen (secondary N) is 1. The first-order valence-electron chi connectivity index (χ1n) is 8.10. The highest BCUT2D eigenvalue weighted by atomic mass is 35.5. The molecule has 0 aliphatic carbocycles. The molecular weight excluding hydrogens is 308 g/mol. The van der Waals surface area contributed by atoms with E-state index < -0.39 is 0 Å². The molecule has 0 spiro atoms. The number of carbonyl (C=O) groups is 1. The predicted octanol–water partition coefficient (Wildman–Crippen LogP) is 4.58. The van der Waals surface area contributed by atoms with Gasteiger partial charge in [-0.2, -0.15) is 0 Å². The first-order valence-corrected chi connectivity index (χ1v) is 8.48. The lowest BCUT2D eigenvalue weighted by atomic mass is 10.1. The van der Waals surface area contributed by atoms with Crippen LogP contribution in [0.4, 0.5) is 5.69 Å². The van der Waals surface area contributed by atoms with Gasteiger partial charge in [0.05, 0.1) is 10.6 Å². The van der Waals surface area contributed by atoms with Crippen molar-refractivity contribution in [1.29, 1.82) is 0 Å². The quantitative estimate of drug-likeness (QED) is 0.891. The Morgan fingerprint density at radius 1 is 1.04 bits per heavy atom. The number of halogens is 1. The molecule has 0 radical (unpaired) electrons. The van der Waals surface area contributed by atoms with Gasteiger partial charge >= 0.3 is 0 Å². The van der Waals surface area contributed by atoms with E-state index in [1.54, 1.807) is 0 Å². The zero-order valence-corrected chi connectivity index (χ0v) is 13.9. The molecule has 1 aliphatic heterocycles. The smallest absolute Gasteiger partial charge is 0.255 e. The summed E-state index contributed by atoms with van der Waals surface area (Å²) in [6, 6.07) is 15.8. The Morgan fingerprint density at radius 3 is 2.48 bits per heavy atom. The lowest BCUT2D eigenvalue weighted by Gasteiger charge is -2.27. The molecule has 1 amide bonds. The number of hydrogen-bond acceptors (Lipinski definition) is 2. The minimum Gasteiger partial charge on any atom is -0.381 e. The monoisotopic (exact) mass is 328 g/mol. The molecule has 0 saturated carbocycles. The number of piperidine rings is 1. The van der Waals surface area contributed by atoms with Gasteiger partial charge in [-0.3, -0.25) is 4.79 Å². The number of benzene rings is 2. The number of amides is 1. The second kappa shape index (κ2) is 7.51. The van der Waals surface area contributed by atoms with Gasteiger partial charge in [0.1, 0.15) is 0 Å². The van der Waals surface area contributed by atoms with Crippen LogP contribution in [0.25, 0.3) is 0 Å². The third-order valence-corrected chi connectivity index (χ3v) is 4.49. The summed E-state index contributed by atoms with van der Waals surface area (Å²) in [5, 5.41) is 3.85. The molecule has 2 aromatic rings. The maximum Gasteiger partial charge on any atom is 0.255 e. The zero-order valence-electron chi connectivity index (χ0n) is 13.1. The van der Waals surface area contributed by atoms with Gasteiger partial charge < -0.3 is 10.2 Å². The molecule has 2 aromatic carbocycles. The molecule has 1 heterocycles. The molecule has 1 fully saturated rings. The molecule has 120 valence electrons. The summed E-state index contributed by atoms with van der Waals surface area (Å²) in [5.74, 6) is 0.0457. The second-order valence-corrected chi connectivity index (χ2v) is 6.29. The van der Waals surface area contributed by atoms with E-state index in [2.05, 4.69) is 17.4 Å². The second-order valence-electron chi connectivity index (χ2n) is 5.89. The van der Waals surface area contributed by atoms with E-state index in [1.165, 1.54) is 12.0 Å². The van der Waals surface area contributed by atoms with E-state index in [0.29, 0.717) is 10.6 Å². The van der Waals surface area contributed by atoms with Crippen LogP contribution >= 0.6 is 11.6 Å². The largest absolute Gasteiger partial charge is 0.381 e. The maximum atomic E-state index is 12.5. The maximum absolute atomic E-state index is 12.5. The Bertz CT molecular complexity index is 666. The van der Waals surface area contributed by atoms with Crippen molar-refractivity contribution in [3.8, 4) is 0 Å². The minimum absolute atomic E-state index is 0.0457. The van der Waals surface area contributed by atoms with Crippen LogP contribution in [0.3, 0.4) is 0 Å². The van der Waals surface area contributed by atoms with E-state index in [0.717, 1.165) is 38.2 Å². The Kier molecular flexibility index (Phi) is 5.19. The summed E-state index contributed by atoms with van der Waals surface area (Å²) in [7, 11) is 0. The fourth-order valence-electron chi connectivity index (χ4n) is 2.87. The number of carbonyl (C=O) groups excluding carboxylic acids is 1. The summed E-state index contributed by atoms with van der Waals surface area (Å²) in [4.78, 5) is 14.4. The van der Waals surface area contributed by atoms with E-state index in [-0.39, 0.29) is 5.91 Å². The lowest BCUT2D eigenvalue weighted by molar-refractivity contribution is 0.0724. The summed E-state index contributed by atoms with van der Waals surface area (Å²) in [5.41, 5.74) is 2.73. The predicted molar refractivity (Wildman–Crippen MR) is 95.0 cm³/mol. The van der Waals surface area contributed by atoms with E-state index in [9.17, 15) is 4.79 Å². The fraction of sp³-hybridized carbons (Fsp3) is 0.316. The molecule has 1 saturated heterocycles. The topological polar surface area (TPSA) is 32.3 Å². The van der Waals surface area contributed by atoms with Crippen molar-refractivity contribution in [1.82, 2.24) is 4.90 Å². The Hall–Kier alpha value is -2.00. The molecule has 1 aliphatic rings. The number of hydrogen-bond donors (Lipinski definition) is 1. The molecule has 3 nitrogen and oxygen atoms in total. The lowest BCUT2D eigenvalue weighted by Crippen LogP contribution is -2.35. The molecule has 4 heteroatoms. The molecule has 23 heavy (non-hydrogen) atoms. The molecule has 0 unspecified atom stereocenters. The Morgan fingerprint density at radius 2 is 1.78 bits per heavy atom. The summed E-state index contributed by atoms with van der Waals surface area (Å²) >= 11 is 6.34. The van der Waals surface area contributed by atoms with E-state index in [1.807, 2.05) is 41.3 Å². The molecule has 0 aromatic heterocycles. The highest BCUT2D eigenvalue weighted by Gasteiger charge is 2.20.